The van der Waals surface area contributed by atoms with Gasteiger partial charge in [0.05, 0.1) is 43.1 Å². The quantitative estimate of drug-likeness (QED) is 0.498. The van der Waals surface area contributed by atoms with Gasteiger partial charge in [0.2, 0.25) is 0 Å². The molecule has 1 aromatic carbocycles. The predicted molar refractivity (Wildman–Crippen MR) is 137 cm³/mol. The van der Waals surface area contributed by atoms with Gasteiger partial charge in [-0.05, 0) is 71.0 Å². The molecule has 0 spiro atoms. The summed E-state index contributed by atoms with van der Waals surface area (Å²) in [7, 11) is 4.14. The molecule has 0 aromatic heterocycles. The highest BCUT2D eigenvalue weighted by molar-refractivity contribution is 5.89. The van der Waals surface area contributed by atoms with Crippen molar-refractivity contribution in [2.45, 2.75) is 58.9 Å². The van der Waals surface area contributed by atoms with Gasteiger partial charge in [0.25, 0.3) is 0 Å². The van der Waals surface area contributed by atoms with Crippen molar-refractivity contribution >= 4 is 5.97 Å². The maximum atomic E-state index is 11.6. The fourth-order valence-corrected chi connectivity index (χ4v) is 5.13. The number of hydrogen-bond donors (Lipinski definition) is 1. The number of likely N-dealkylation sites (tertiary alicyclic amines) is 2. The lowest BCUT2D eigenvalue weighted by Crippen LogP contribution is -2.39. The van der Waals surface area contributed by atoms with E-state index in [4.69, 9.17) is 24.1 Å². The highest BCUT2D eigenvalue weighted by atomic mass is 16.5. The molecule has 200 valence electrons. The monoisotopic (exact) mass is 494 g/mol. The third kappa shape index (κ3) is 8.15. The first-order chi connectivity index (χ1) is 16.8. The van der Waals surface area contributed by atoms with Gasteiger partial charge in [0, 0.05) is 26.3 Å². The smallest absolute Gasteiger partial charge is 0.338 e. The fourth-order valence-electron chi connectivity index (χ4n) is 5.13. The van der Waals surface area contributed by atoms with Crippen molar-refractivity contribution in [1.82, 2.24) is 9.80 Å². The van der Waals surface area contributed by atoms with E-state index in [0.717, 1.165) is 25.4 Å². The van der Waals surface area contributed by atoms with Gasteiger partial charge >= 0.3 is 5.97 Å². The Hall–Kier alpha value is -1.71. The van der Waals surface area contributed by atoms with Crippen LogP contribution in [0.2, 0.25) is 0 Å². The summed E-state index contributed by atoms with van der Waals surface area (Å²) in [5, 5.41) is 9.13. The van der Waals surface area contributed by atoms with E-state index in [2.05, 4.69) is 30.7 Å². The molecule has 0 saturated carbocycles. The molecule has 1 N–H and O–H groups in total. The van der Waals surface area contributed by atoms with Crippen molar-refractivity contribution in [2.24, 2.45) is 11.8 Å². The molecule has 35 heavy (non-hydrogen) atoms. The number of hydrogen-bond acceptors (Lipinski definition) is 8. The summed E-state index contributed by atoms with van der Waals surface area (Å²) in [5.74, 6) is 1.48. The summed E-state index contributed by atoms with van der Waals surface area (Å²) in [6, 6.07) is 7.51. The molecule has 2 aliphatic rings. The van der Waals surface area contributed by atoms with E-state index in [1.165, 1.54) is 0 Å². The van der Waals surface area contributed by atoms with E-state index in [1.807, 2.05) is 20.9 Å². The van der Waals surface area contributed by atoms with E-state index in [0.29, 0.717) is 37.2 Å². The summed E-state index contributed by atoms with van der Waals surface area (Å²) >= 11 is 0. The lowest BCUT2D eigenvalue weighted by atomic mass is 10.0. The fraction of sp³-hybridized carbons (Fsp3) is 0.741. The number of rotatable bonds is 10. The van der Waals surface area contributed by atoms with E-state index in [9.17, 15) is 4.79 Å². The average Bonchev–Trinajstić information content (AvgIpc) is 3.26. The first-order valence-electron chi connectivity index (χ1n) is 12.9. The molecule has 0 aliphatic carbocycles. The van der Waals surface area contributed by atoms with E-state index < -0.39 is 0 Å². The highest BCUT2D eigenvalue weighted by Gasteiger charge is 2.39. The second-order valence-corrected chi connectivity index (χ2v) is 9.55. The third-order valence-corrected chi connectivity index (χ3v) is 6.86. The summed E-state index contributed by atoms with van der Waals surface area (Å²) in [4.78, 5) is 16.1. The molecule has 0 bridgehead atoms. The number of aliphatic hydroxyl groups is 1. The zero-order valence-corrected chi connectivity index (χ0v) is 22.6. The second kappa shape index (κ2) is 14.8. The Kier molecular flexibility index (Phi) is 12.4. The number of carbonyl (C=O) groups is 1. The van der Waals surface area contributed by atoms with Gasteiger partial charge in [-0.2, -0.15) is 0 Å². The molecule has 0 unspecified atom stereocenters. The van der Waals surface area contributed by atoms with Crippen LogP contribution in [-0.2, 0) is 14.2 Å². The van der Waals surface area contributed by atoms with Crippen LogP contribution in [0.15, 0.2) is 24.3 Å². The Bertz CT molecular complexity index is 746. The van der Waals surface area contributed by atoms with Gasteiger partial charge in [0.15, 0.2) is 0 Å². The van der Waals surface area contributed by atoms with Crippen LogP contribution < -0.4 is 4.74 Å². The van der Waals surface area contributed by atoms with Crippen LogP contribution in [0.5, 0.6) is 5.75 Å². The molecule has 2 heterocycles. The van der Waals surface area contributed by atoms with Crippen LogP contribution in [-0.4, -0.2) is 105 Å². The number of aliphatic hydroxyl groups excluding tert-OH is 1. The lowest BCUT2D eigenvalue weighted by Gasteiger charge is -2.25. The van der Waals surface area contributed by atoms with Crippen molar-refractivity contribution in [1.29, 1.82) is 0 Å². The van der Waals surface area contributed by atoms with Crippen molar-refractivity contribution in [2.75, 3.05) is 60.2 Å². The Morgan fingerprint density at radius 2 is 1.40 bits per heavy atom. The molecule has 2 fully saturated rings. The summed E-state index contributed by atoms with van der Waals surface area (Å²) in [6.45, 7) is 14.8. The summed E-state index contributed by atoms with van der Waals surface area (Å²) in [6.07, 6.45) is 0.411. The maximum Gasteiger partial charge on any atom is 0.338 e. The first kappa shape index (κ1) is 29.5. The van der Waals surface area contributed by atoms with Crippen molar-refractivity contribution in [3.8, 4) is 5.75 Å². The molecule has 0 radical (unpaired) electrons. The summed E-state index contributed by atoms with van der Waals surface area (Å²) < 4.78 is 22.3. The SMILES string of the molecule is CCOC(=O)c1ccc(OC[C@@H]2[C@@H](OCC)[C@H](C)CN2C)cc1.CCO[C@H]1[C@H](C)CN(C)[C@@H]1CO. The summed E-state index contributed by atoms with van der Waals surface area (Å²) in [5.41, 5.74) is 0.540. The first-order valence-corrected chi connectivity index (χ1v) is 12.9. The molecule has 1 aromatic rings. The van der Waals surface area contributed by atoms with Gasteiger partial charge in [0.1, 0.15) is 12.4 Å². The zero-order valence-electron chi connectivity index (χ0n) is 22.6. The zero-order chi connectivity index (χ0) is 26.0. The molecule has 0 amide bonds. The van der Waals surface area contributed by atoms with Gasteiger partial charge in [-0.15, -0.1) is 0 Å². The molecule has 8 nitrogen and oxygen atoms in total. The molecular formula is C27H46N2O6. The number of esters is 1. The Morgan fingerprint density at radius 3 is 1.89 bits per heavy atom. The minimum absolute atomic E-state index is 0.194. The molecule has 2 saturated heterocycles. The Labute approximate surface area is 211 Å². The molecule has 2 aliphatic heterocycles. The Morgan fingerprint density at radius 1 is 0.886 bits per heavy atom. The lowest BCUT2D eigenvalue weighted by molar-refractivity contribution is 0.00321. The number of carbonyl (C=O) groups excluding carboxylic acids is 1. The topological polar surface area (TPSA) is 80.7 Å². The average molecular weight is 495 g/mol. The predicted octanol–water partition coefficient (Wildman–Crippen LogP) is 2.93. The second-order valence-electron chi connectivity index (χ2n) is 9.55. The van der Waals surface area contributed by atoms with Crippen LogP contribution in [0.1, 0.15) is 45.0 Å². The standard InChI is InChI=1S/C18H27NO4.C9H19NO2/c1-5-21-17-13(3)11-19(4)16(17)12-23-15-9-7-14(8-10-15)18(20)22-6-2;1-4-12-9-7(2)5-10(3)8(9)6-11/h7-10,13,16-17H,5-6,11-12H2,1-4H3;7-9,11H,4-6H2,1-3H3/t13-,16-,17+;7-,8-,9+/m11/s1. The van der Waals surface area contributed by atoms with Crippen LogP contribution in [0.3, 0.4) is 0 Å². The van der Waals surface area contributed by atoms with Gasteiger partial charge in [-0.3, -0.25) is 9.80 Å². The van der Waals surface area contributed by atoms with Crippen molar-refractivity contribution in [3.05, 3.63) is 29.8 Å². The molecular weight excluding hydrogens is 448 g/mol. The van der Waals surface area contributed by atoms with Crippen LogP contribution in [0, 0.1) is 11.8 Å². The van der Waals surface area contributed by atoms with E-state index in [-0.39, 0.29) is 36.9 Å². The van der Waals surface area contributed by atoms with Crippen LogP contribution in [0.25, 0.3) is 0 Å². The number of benzene rings is 1. The van der Waals surface area contributed by atoms with Gasteiger partial charge in [-0.1, -0.05) is 13.8 Å². The maximum absolute atomic E-state index is 11.6. The van der Waals surface area contributed by atoms with Gasteiger partial charge < -0.3 is 24.1 Å². The molecule has 8 heteroatoms. The molecule has 3 rings (SSSR count). The van der Waals surface area contributed by atoms with Crippen molar-refractivity contribution in [3.63, 3.8) is 0 Å². The van der Waals surface area contributed by atoms with Crippen molar-refractivity contribution < 1.29 is 28.8 Å². The largest absolute Gasteiger partial charge is 0.492 e. The van der Waals surface area contributed by atoms with Crippen LogP contribution in [0.4, 0.5) is 0 Å². The highest BCUT2D eigenvalue weighted by Crippen LogP contribution is 2.26. The third-order valence-electron chi connectivity index (χ3n) is 6.86. The normalized spacial score (nSPS) is 29.0. The minimum Gasteiger partial charge on any atom is -0.492 e. The Balaban J connectivity index is 0.000000303. The molecule has 6 atom stereocenters. The van der Waals surface area contributed by atoms with E-state index in [1.54, 1.807) is 31.2 Å². The van der Waals surface area contributed by atoms with E-state index >= 15 is 0 Å². The number of nitrogens with zero attached hydrogens (tertiary/aromatic N) is 2. The minimum atomic E-state index is -0.306. The number of ether oxygens (including phenoxy) is 4. The van der Waals surface area contributed by atoms with Crippen LogP contribution >= 0.6 is 0 Å². The van der Waals surface area contributed by atoms with Gasteiger partial charge in [-0.25, -0.2) is 4.79 Å². The number of likely N-dealkylation sites (N-methyl/N-ethyl adjacent to an activating group) is 2.